The molecular formula is C10H8F3NO4. The summed E-state index contributed by atoms with van der Waals surface area (Å²) in [5.41, 5.74) is 0. The number of hydrogen-bond acceptors (Lipinski definition) is 4. The third-order valence-electron chi connectivity index (χ3n) is 2.18. The van der Waals surface area contributed by atoms with E-state index >= 15 is 0 Å². The minimum Gasteiger partial charge on any atom is -0.453 e. The van der Waals surface area contributed by atoms with Crippen LogP contribution < -0.4 is 14.8 Å². The Morgan fingerprint density at radius 1 is 1.28 bits per heavy atom. The number of ether oxygens (including phenoxy) is 3. The van der Waals surface area contributed by atoms with Gasteiger partial charge in [-0.3, -0.25) is 0 Å². The Morgan fingerprint density at radius 3 is 2.17 bits per heavy atom. The van der Waals surface area contributed by atoms with Gasteiger partial charge in [-0.15, -0.1) is 0 Å². The smallest absolute Gasteiger partial charge is 0.453 e. The lowest BCUT2D eigenvalue weighted by Crippen LogP contribution is -2.64. The first-order chi connectivity index (χ1) is 8.38. The molecule has 2 rings (SSSR count). The molecule has 0 aromatic heterocycles. The van der Waals surface area contributed by atoms with Crippen molar-refractivity contribution in [2.45, 2.75) is 12.1 Å². The standard InChI is InChI=1S/C10H8F3NO4/c1-16-8(15)14-10(9(11,12)13)17-6-4-2-3-5-7(6)18-10/h2-5H,1H3,(H,14,15). The first-order valence-electron chi connectivity index (χ1n) is 4.78. The lowest BCUT2D eigenvalue weighted by molar-refractivity contribution is -0.318. The lowest BCUT2D eigenvalue weighted by Gasteiger charge is -2.28. The average Bonchev–Trinajstić information content (AvgIpc) is 2.67. The van der Waals surface area contributed by atoms with Crippen molar-refractivity contribution in [2.24, 2.45) is 0 Å². The van der Waals surface area contributed by atoms with Crippen molar-refractivity contribution in [3.63, 3.8) is 0 Å². The fourth-order valence-electron chi connectivity index (χ4n) is 1.37. The predicted octanol–water partition coefficient (Wildman–Crippen LogP) is 2.03. The fraction of sp³-hybridized carbons (Fsp3) is 0.300. The normalized spacial score (nSPS) is 16.2. The highest BCUT2D eigenvalue weighted by Crippen LogP contribution is 2.44. The van der Waals surface area contributed by atoms with Gasteiger partial charge in [-0.1, -0.05) is 12.1 Å². The Morgan fingerprint density at radius 2 is 1.78 bits per heavy atom. The van der Waals surface area contributed by atoms with Crippen LogP contribution in [0.4, 0.5) is 18.0 Å². The third-order valence-corrected chi connectivity index (χ3v) is 2.18. The number of alkyl carbamates (subject to hydrolysis) is 1. The predicted molar refractivity (Wildman–Crippen MR) is 52.0 cm³/mol. The first-order valence-corrected chi connectivity index (χ1v) is 4.78. The van der Waals surface area contributed by atoms with Gasteiger partial charge in [-0.2, -0.15) is 13.2 Å². The number of alkyl halides is 3. The van der Waals surface area contributed by atoms with E-state index in [-0.39, 0.29) is 11.5 Å². The van der Waals surface area contributed by atoms with E-state index in [1.54, 1.807) is 0 Å². The maximum atomic E-state index is 13.0. The molecule has 0 spiro atoms. The summed E-state index contributed by atoms with van der Waals surface area (Å²) in [5, 5.41) is 1.50. The van der Waals surface area contributed by atoms with Gasteiger partial charge in [0.1, 0.15) is 0 Å². The molecular weight excluding hydrogens is 255 g/mol. The van der Waals surface area contributed by atoms with Crippen LogP contribution in [0.25, 0.3) is 0 Å². The Labute approximate surface area is 99.4 Å². The van der Waals surface area contributed by atoms with E-state index in [4.69, 9.17) is 0 Å². The molecule has 8 heteroatoms. The number of fused-ring (bicyclic) bond motifs is 1. The second-order valence-corrected chi connectivity index (χ2v) is 3.38. The van der Waals surface area contributed by atoms with E-state index in [1.807, 2.05) is 0 Å². The number of rotatable bonds is 1. The van der Waals surface area contributed by atoms with Crippen molar-refractivity contribution in [3.05, 3.63) is 24.3 Å². The summed E-state index contributed by atoms with van der Waals surface area (Å²) in [5.74, 6) is -3.50. The molecule has 98 valence electrons. The number of carbonyl (C=O) groups is 1. The Bertz CT molecular complexity index is 449. The van der Waals surface area contributed by atoms with Gasteiger partial charge >= 0.3 is 18.2 Å². The molecule has 1 aromatic carbocycles. The van der Waals surface area contributed by atoms with Gasteiger partial charge in [-0.05, 0) is 12.1 Å². The van der Waals surface area contributed by atoms with E-state index in [0.717, 1.165) is 7.11 Å². The Balaban J connectivity index is 2.34. The molecule has 0 bridgehead atoms. The highest BCUT2D eigenvalue weighted by molar-refractivity contribution is 5.68. The number of amides is 1. The van der Waals surface area contributed by atoms with Crippen molar-refractivity contribution in [3.8, 4) is 11.5 Å². The summed E-state index contributed by atoms with van der Waals surface area (Å²) in [4.78, 5) is 11.0. The van der Waals surface area contributed by atoms with E-state index < -0.39 is 18.2 Å². The van der Waals surface area contributed by atoms with Gasteiger partial charge < -0.3 is 14.2 Å². The second kappa shape index (κ2) is 3.97. The van der Waals surface area contributed by atoms with Crippen LogP contribution in [0.2, 0.25) is 0 Å². The van der Waals surface area contributed by atoms with Crippen molar-refractivity contribution in [1.82, 2.24) is 5.32 Å². The van der Waals surface area contributed by atoms with Crippen LogP contribution in [0.1, 0.15) is 0 Å². The summed E-state index contributed by atoms with van der Waals surface area (Å²) in [6.45, 7) is 0. The highest BCUT2D eigenvalue weighted by atomic mass is 19.4. The molecule has 0 saturated carbocycles. The summed E-state index contributed by atoms with van der Waals surface area (Å²) in [6, 6.07) is 5.54. The molecule has 1 amide bonds. The number of benzene rings is 1. The molecule has 0 radical (unpaired) electrons. The molecule has 1 N–H and O–H groups in total. The van der Waals surface area contributed by atoms with Gasteiger partial charge in [0.25, 0.3) is 0 Å². The van der Waals surface area contributed by atoms with Gasteiger partial charge in [0.05, 0.1) is 7.11 Å². The minimum absolute atomic E-state index is 0.119. The molecule has 1 aliphatic heterocycles. The van der Waals surface area contributed by atoms with Crippen LogP contribution in [-0.2, 0) is 4.74 Å². The number of methoxy groups -OCH3 is 1. The molecule has 0 atom stereocenters. The fourth-order valence-corrected chi connectivity index (χ4v) is 1.37. The van der Waals surface area contributed by atoms with Crippen LogP contribution in [0, 0.1) is 0 Å². The molecule has 0 unspecified atom stereocenters. The quantitative estimate of drug-likeness (QED) is 0.842. The summed E-state index contributed by atoms with van der Waals surface area (Å²) < 4.78 is 52.3. The number of para-hydroxylation sites is 2. The van der Waals surface area contributed by atoms with Crippen LogP contribution >= 0.6 is 0 Å². The second-order valence-electron chi connectivity index (χ2n) is 3.38. The summed E-state index contributed by atoms with van der Waals surface area (Å²) >= 11 is 0. The Kier molecular flexibility index (Phi) is 2.72. The van der Waals surface area contributed by atoms with Crippen molar-refractivity contribution >= 4 is 6.09 Å². The largest absolute Gasteiger partial charge is 0.492 e. The molecule has 0 fully saturated rings. The maximum absolute atomic E-state index is 13.0. The molecule has 5 nitrogen and oxygen atoms in total. The molecule has 1 aliphatic rings. The number of halogens is 3. The van der Waals surface area contributed by atoms with Gasteiger partial charge in [0.15, 0.2) is 11.5 Å². The number of carbonyl (C=O) groups excluding carboxylic acids is 1. The van der Waals surface area contributed by atoms with Crippen molar-refractivity contribution in [1.29, 1.82) is 0 Å². The minimum atomic E-state index is -4.97. The topological polar surface area (TPSA) is 56.8 Å². The van der Waals surface area contributed by atoms with Gasteiger partial charge in [0.2, 0.25) is 0 Å². The first kappa shape index (κ1) is 12.3. The van der Waals surface area contributed by atoms with Crippen molar-refractivity contribution < 1.29 is 32.2 Å². The van der Waals surface area contributed by atoms with Crippen LogP contribution in [0.15, 0.2) is 24.3 Å². The molecule has 18 heavy (non-hydrogen) atoms. The summed E-state index contributed by atoms with van der Waals surface area (Å²) in [7, 11) is 0.932. The average molecular weight is 263 g/mol. The zero-order valence-corrected chi connectivity index (χ0v) is 9.08. The van der Waals surface area contributed by atoms with Crippen LogP contribution in [-0.4, -0.2) is 25.3 Å². The molecule has 0 saturated heterocycles. The van der Waals surface area contributed by atoms with E-state index in [9.17, 15) is 18.0 Å². The monoisotopic (exact) mass is 263 g/mol. The molecule has 0 aliphatic carbocycles. The lowest BCUT2D eigenvalue weighted by atomic mass is 10.3. The molecule has 1 heterocycles. The van der Waals surface area contributed by atoms with E-state index in [0.29, 0.717) is 0 Å². The summed E-state index contributed by atoms with van der Waals surface area (Å²) in [6.07, 6.45) is -6.29. The van der Waals surface area contributed by atoms with Gasteiger partial charge in [0, 0.05) is 0 Å². The van der Waals surface area contributed by atoms with E-state index in [2.05, 4.69) is 14.2 Å². The molecule has 1 aromatic rings. The number of nitrogens with one attached hydrogen (secondary N) is 1. The van der Waals surface area contributed by atoms with Crippen molar-refractivity contribution in [2.75, 3.05) is 7.11 Å². The van der Waals surface area contributed by atoms with Crippen LogP contribution in [0.3, 0.4) is 0 Å². The highest BCUT2D eigenvalue weighted by Gasteiger charge is 2.66. The zero-order chi connectivity index (χ0) is 13.4. The van der Waals surface area contributed by atoms with Gasteiger partial charge in [-0.25, -0.2) is 10.1 Å². The zero-order valence-electron chi connectivity index (χ0n) is 9.08. The van der Waals surface area contributed by atoms with E-state index in [1.165, 1.54) is 29.6 Å². The SMILES string of the molecule is COC(=O)NC1(C(F)(F)F)Oc2ccccc2O1. The third kappa shape index (κ3) is 1.89. The number of hydrogen-bond donors (Lipinski definition) is 1. The maximum Gasteiger partial charge on any atom is 0.492 e. The van der Waals surface area contributed by atoms with Crippen LogP contribution in [0.5, 0.6) is 11.5 Å². The Hall–Kier alpha value is -2.12.